The Bertz CT molecular complexity index is 2680. The van der Waals surface area contributed by atoms with E-state index in [1.807, 2.05) is 0 Å². The van der Waals surface area contributed by atoms with Crippen molar-refractivity contribution in [2.24, 2.45) is 0 Å². The molecule has 0 aliphatic rings. The third-order valence-corrected chi connectivity index (χ3v) is 10.3. The first kappa shape index (κ1) is 31.3. The van der Waals surface area contributed by atoms with Gasteiger partial charge in [0.1, 0.15) is 0 Å². The molecule has 2 nitrogen and oxygen atoms in total. The van der Waals surface area contributed by atoms with Crippen LogP contribution in [-0.2, 0) is 0 Å². The topological polar surface area (TPSA) is 6.48 Å². The normalized spacial score (nSPS) is 11.3. The monoisotopic (exact) mass is 666 g/mol. The summed E-state index contributed by atoms with van der Waals surface area (Å²) in [7, 11) is 2.14. The van der Waals surface area contributed by atoms with Crippen LogP contribution < -0.4 is 9.80 Å². The number of aryl methyl sites for hydroxylation is 1. The lowest BCUT2D eigenvalue weighted by molar-refractivity contribution is 1.21. The van der Waals surface area contributed by atoms with E-state index in [0.29, 0.717) is 0 Å². The van der Waals surface area contributed by atoms with Gasteiger partial charge in [-0.1, -0.05) is 127 Å². The van der Waals surface area contributed by atoms with Crippen LogP contribution in [0.1, 0.15) is 5.56 Å². The Morgan fingerprint density at radius 1 is 0.288 bits per heavy atom. The Balaban J connectivity index is 1.00. The Morgan fingerprint density at radius 2 is 0.712 bits per heavy atom. The maximum Gasteiger partial charge on any atom is 0.0468 e. The van der Waals surface area contributed by atoms with Gasteiger partial charge in [-0.05, 0) is 134 Å². The van der Waals surface area contributed by atoms with Crippen LogP contribution in [-0.4, -0.2) is 7.05 Å². The van der Waals surface area contributed by atoms with Gasteiger partial charge in [-0.3, -0.25) is 0 Å². The minimum atomic E-state index is 1.11. The number of anilines is 5. The summed E-state index contributed by atoms with van der Waals surface area (Å²) in [5.74, 6) is 0. The Morgan fingerprint density at radius 3 is 1.37 bits per heavy atom. The molecule has 0 atom stereocenters. The van der Waals surface area contributed by atoms with Crippen molar-refractivity contribution >= 4 is 60.8 Å². The molecule has 9 aromatic rings. The first-order valence-corrected chi connectivity index (χ1v) is 17.9. The molecule has 52 heavy (non-hydrogen) atoms. The van der Waals surface area contributed by atoms with Crippen molar-refractivity contribution in [3.8, 4) is 22.3 Å². The molecule has 0 saturated carbocycles. The van der Waals surface area contributed by atoms with Crippen LogP contribution >= 0.6 is 0 Å². The van der Waals surface area contributed by atoms with Crippen molar-refractivity contribution in [1.82, 2.24) is 0 Å². The van der Waals surface area contributed by atoms with E-state index < -0.39 is 0 Å². The smallest absolute Gasteiger partial charge is 0.0468 e. The molecule has 0 spiro atoms. The zero-order valence-electron chi connectivity index (χ0n) is 29.4. The van der Waals surface area contributed by atoms with Gasteiger partial charge in [0.2, 0.25) is 0 Å². The summed E-state index contributed by atoms with van der Waals surface area (Å²) in [4.78, 5) is 4.61. The van der Waals surface area contributed by atoms with E-state index >= 15 is 0 Å². The van der Waals surface area contributed by atoms with Crippen molar-refractivity contribution in [3.05, 3.63) is 200 Å². The highest BCUT2D eigenvalue weighted by atomic mass is 15.1. The average Bonchev–Trinajstić information content (AvgIpc) is 3.20. The van der Waals surface area contributed by atoms with Crippen LogP contribution in [0.4, 0.5) is 28.4 Å². The van der Waals surface area contributed by atoms with Crippen LogP contribution in [0.15, 0.2) is 194 Å². The molecule has 2 heteroatoms. The summed E-state index contributed by atoms with van der Waals surface area (Å²) in [6, 6.07) is 70.5. The van der Waals surface area contributed by atoms with Gasteiger partial charge in [-0.15, -0.1) is 0 Å². The molecule has 9 rings (SSSR count). The molecule has 0 aromatic heterocycles. The molecule has 248 valence electrons. The summed E-state index contributed by atoms with van der Waals surface area (Å²) < 4.78 is 0. The summed E-state index contributed by atoms with van der Waals surface area (Å²) in [5, 5.41) is 7.53. The lowest BCUT2D eigenvalue weighted by Gasteiger charge is -2.26. The first-order valence-electron chi connectivity index (χ1n) is 17.9. The molecule has 0 N–H and O–H groups in total. The number of nitrogens with zero attached hydrogens (tertiary/aromatic N) is 2. The lowest BCUT2D eigenvalue weighted by atomic mass is 10.0. The lowest BCUT2D eigenvalue weighted by Crippen LogP contribution is -2.10. The van der Waals surface area contributed by atoms with Crippen LogP contribution in [0.2, 0.25) is 0 Å². The van der Waals surface area contributed by atoms with Crippen molar-refractivity contribution in [2.75, 3.05) is 16.8 Å². The average molecular weight is 667 g/mol. The molecule has 0 amide bonds. The van der Waals surface area contributed by atoms with Gasteiger partial charge in [0.05, 0.1) is 0 Å². The second-order valence-electron chi connectivity index (χ2n) is 13.7. The van der Waals surface area contributed by atoms with Crippen molar-refractivity contribution in [3.63, 3.8) is 0 Å². The second-order valence-corrected chi connectivity index (χ2v) is 13.7. The quantitative estimate of drug-likeness (QED) is 0.156. The fourth-order valence-corrected chi connectivity index (χ4v) is 7.34. The van der Waals surface area contributed by atoms with Gasteiger partial charge >= 0.3 is 0 Å². The number of hydrogen-bond acceptors (Lipinski definition) is 2. The Kier molecular flexibility index (Phi) is 7.98. The van der Waals surface area contributed by atoms with E-state index in [-0.39, 0.29) is 0 Å². The zero-order valence-corrected chi connectivity index (χ0v) is 29.4. The van der Waals surface area contributed by atoms with Gasteiger partial charge in [0.15, 0.2) is 0 Å². The van der Waals surface area contributed by atoms with Crippen LogP contribution in [0.3, 0.4) is 0 Å². The largest absolute Gasteiger partial charge is 0.345 e. The van der Waals surface area contributed by atoms with E-state index in [2.05, 4.69) is 218 Å². The van der Waals surface area contributed by atoms with E-state index in [9.17, 15) is 0 Å². The van der Waals surface area contributed by atoms with Gasteiger partial charge in [-0.2, -0.15) is 0 Å². The summed E-state index contributed by atoms with van der Waals surface area (Å²) in [5.41, 5.74) is 11.8. The van der Waals surface area contributed by atoms with Crippen molar-refractivity contribution in [2.45, 2.75) is 6.92 Å². The molecule has 0 aliphatic heterocycles. The Hall–Kier alpha value is -6.64. The fraction of sp³-hybridized carbons (Fsp3) is 0.0400. The maximum absolute atomic E-state index is 2.34. The molecule has 0 unspecified atom stereocenters. The van der Waals surface area contributed by atoms with Gasteiger partial charge in [-0.25, -0.2) is 0 Å². The molecular weight excluding hydrogens is 629 g/mol. The number of hydrogen-bond donors (Lipinski definition) is 0. The molecule has 0 bridgehead atoms. The first-order chi connectivity index (χ1) is 25.6. The highest BCUT2D eigenvalue weighted by Crippen LogP contribution is 2.38. The molecule has 0 heterocycles. The third-order valence-electron chi connectivity index (χ3n) is 10.3. The number of fused-ring (bicyclic) bond motifs is 3. The van der Waals surface area contributed by atoms with Crippen LogP contribution in [0.25, 0.3) is 54.6 Å². The highest BCUT2D eigenvalue weighted by molar-refractivity contribution is 6.00. The van der Waals surface area contributed by atoms with Gasteiger partial charge in [0, 0.05) is 35.5 Å². The Labute approximate surface area is 305 Å². The molecule has 9 aromatic carbocycles. The van der Waals surface area contributed by atoms with Gasteiger partial charge < -0.3 is 9.80 Å². The summed E-state index contributed by atoms with van der Waals surface area (Å²) in [6.45, 7) is 2.15. The van der Waals surface area contributed by atoms with E-state index in [1.54, 1.807) is 0 Å². The van der Waals surface area contributed by atoms with Crippen molar-refractivity contribution < 1.29 is 0 Å². The highest BCUT2D eigenvalue weighted by Gasteiger charge is 2.14. The van der Waals surface area contributed by atoms with E-state index in [4.69, 9.17) is 0 Å². The zero-order chi connectivity index (χ0) is 35.0. The molecular formula is C50H38N2. The maximum atomic E-state index is 2.34. The number of benzene rings is 9. The van der Waals surface area contributed by atoms with Crippen LogP contribution in [0.5, 0.6) is 0 Å². The minimum absolute atomic E-state index is 1.11. The predicted molar refractivity (Wildman–Crippen MR) is 224 cm³/mol. The fourth-order valence-electron chi connectivity index (χ4n) is 7.34. The van der Waals surface area contributed by atoms with Crippen LogP contribution in [0, 0.1) is 6.92 Å². The molecule has 0 aliphatic carbocycles. The van der Waals surface area contributed by atoms with Crippen molar-refractivity contribution in [1.29, 1.82) is 0 Å². The van der Waals surface area contributed by atoms with E-state index in [0.717, 1.165) is 22.7 Å². The molecule has 0 radical (unpaired) electrons. The SMILES string of the molecule is Cc1ccc2cc3ccc(N(C)c4ccc(-c5ccc(N(c6ccc(-c7ccccc7)cc6)c6ccc7ccccc7c6)cc5)cc4)cc3cc2c1. The standard InChI is InChI=1S/C50H38N2/c1-35-12-13-42-31-43-21-28-49(34-45(43)32-44(42)30-35)51(2)46-22-14-39(15-23-46)40-18-26-48(27-19-40)52(50-29-20-37-10-6-7-11-41(37)33-50)47-24-16-38(17-25-47)36-8-4-3-5-9-36/h3-34H,1-2H3. The third kappa shape index (κ3) is 6.05. The number of rotatable bonds is 7. The summed E-state index contributed by atoms with van der Waals surface area (Å²) >= 11 is 0. The minimum Gasteiger partial charge on any atom is -0.345 e. The van der Waals surface area contributed by atoms with E-state index in [1.165, 1.54) is 65.8 Å². The predicted octanol–water partition coefficient (Wildman–Crippen LogP) is 14.0. The molecule has 0 saturated heterocycles. The molecule has 0 fully saturated rings. The van der Waals surface area contributed by atoms with Gasteiger partial charge in [0.25, 0.3) is 0 Å². The summed E-state index contributed by atoms with van der Waals surface area (Å²) in [6.07, 6.45) is 0. The second kappa shape index (κ2) is 13.2.